The first kappa shape index (κ1) is 23.1. The fourth-order valence-corrected chi connectivity index (χ4v) is 3.71. The zero-order valence-electron chi connectivity index (χ0n) is 14.9. The number of aliphatic hydroxyl groups excluding tert-OH is 3. The molecule has 0 aromatic carbocycles. The lowest BCUT2D eigenvalue weighted by Crippen LogP contribution is -2.52. The SMILES string of the molecule is B/C(C=C)=C\CC(=O)N1CCC(O)(C(=O)N(I)CC(CO)(CO)CO)C1. The maximum absolute atomic E-state index is 12.6. The maximum atomic E-state index is 12.6. The highest BCUT2D eigenvalue weighted by Crippen LogP contribution is 2.28. The van der Waals surface area contributed by atoms with E-state index >= 15 is 0 Å². The van der Waals surface area contributed by atoms with Gasteiger partial charge in [-0.3, -0.25) is 12.7 Å². The monoisotopic (exact) mass is 480 g/mol. The van der Waals surface area contributed by atoms with E-state index in [0.717, 1.165) is 8.59 Å². The van der Waals surface area contributed by atoms with Crippen molar-refractivity contribution in [1.29, 1.82) is 0 Å². The number of rotatable bonds is 9. The minimum absolute atomic E-state index is 0.103. The van der Waals surface area contributed by atoms with Crippen LogP contribution in [0.4, 0.5) is 0 Å². The highest BCUT2D eigenvalue weighted by Gasteiger charge is 2.47. The van der Waals surface area contributed by atoms with Crippen LogP contribution in [0.1, 0.15) is 12.8 Å². The number of nitrogens with zero attached hydrogens (tertiary/aromatic N) is 2. The Kier molecular flexibility index (Phi) is 8.74. The molecule has 1 aliphatic heterocycles. The summed E-state index contributed by atoms with van der Waals surface area (Å²) in [6.45, 7) is 2.10. The van der Waals surface area contributed by atoms with E-state index in [0.29, 0.717) is 0 Å². The Bertz CT molecular complexity index is 561. The smallest absolute Gasteiger partial charge is 0.265 e. The Morgan fingerprint density at radius 1 is 1.31 bits per heavy atom. The lowest BCUT2D eigenvalue weighted by molar-refractivity contribution is -0.146. The van der Waals surface area contributed by atoms with Gasteiger partial charge in [0.05, 0.1) is 54.6 Å². The number of carbonyl (C=O) groups excluding carboxylic acids is 2. The van der Waals surface area contributed by atoms with Gasteiger partial charge in [0.2, 0.25) is 5.91 Å². The molecule has 1 atom stereocenters. The second kappa shape index (κ2) is 9.84. The van der Waals surface area contributed by atoms with Crippen molar-refractivity contribution < 1.29 is 30.0 Å². The summed E-state index contributed by atoms with van der Waals surface area (Å²) in [5.74, 6) is -0.809. The molecule has 8 nitrogen and oxygen atoms in total. The number of hydrogen-bond donors (Lipinski definition) is 4. The number of halogens is 1. The first-order valence-electron chi connectivity index (χ1n) is 8.26. The summed E-state index contributed by atoms with van der Waals surface area (Å²) in [6.07, 6.45) is 3.64. The summed E-state index contributed by atoms with van der Waals surface area (Å²) in [7, 11) is 1.83. The van der Waals surface area contributed by atoms with E-state index < -0.39 is 36.7 Å². The fourth-order valence-electron chi connectivity index (χ4n) is 2.53. The standard InChI is InChI=1S/C16H26BIN2O6/c1-2-12(17)3-4-13(24)19-6-5-16(26,8-19)14(25)20(18)7-15(9-21,10-22)11-23/h2-3,21-23,26H,1,4-11,17H2/b12-3-. The molecule has 0 aromatic heterocycles. The molecular formula is C16H26BIN2O6. The van der Waals surface area contributed by atoms with E-state index in [4.69, 9.17) is 0 Å². The van der Waals surface area contributed by atoms with Crippen molar-refractivity contribution >= 4 is 42.5 Å². The van der Waals surface area contributed by atoms with Gasteiger partial charge in [-0.1, -0.05) is 24.2 Å². The highest BCUT2D eigenvalue weighted by atomic mass is 127. The molecule has 0 spiro atoms. The Balaban J connectivity index is 2.75. The fraction of sp³-hybridized carbons (Fsp3) is 0.625. The average molecular weight is 480 g/mol. The minimum Gasteiger partial charge on any atom is -0.396 e. The van der Waals surface area contributed by atoms with Gasteiger partial charge in [0.1, 0.15) is 7.85 Å². The van der Waals surface area contributed by atoms with Crippen molar-refractivity contribution in [2.45, 2.75) is 18.4 Å². The van der Waals surface area contributed by atoms with Crippen LogP contribution < -0.4 is 0 Å². The highest BCUT2D eigenvalue weighted by molar-refractivity contribution is 14.1. The molecule has 2 amide bonds. The predicted octanol–water partition coefficient (Wildman–Crippen LogP) is -1.82. The Morgan fingerprint density at radius 3 is 2.38 bits per heavy atom. The zero-order chi connectivity index (χ0) is 20.0. The van der Waals surface area contributed by atoms with Crippen molar-refractivity contribution in [2.24, 2.45) is 5.41 Å². The van der Waals surface area contributed by atoms with Crippen molar-refractivity contribution in [2.75, 3.05) is 39.5 Å². The van der Waals surface area contributed by atoms with Crippen LogP contribution in [-0.4, -0.2) is 93.2 Å². The number of aliphatic hydroxyl groups is 4. The second-order valence-electron chi connectivity index (χ2n) is 6.75. The molecule has 0 bridgehead atoms. The molecule has 1 unspecified atom stereocenters. The third kappa shape index (κ3) is 5.52. The molecule has 4 N–H and O–H groups in total. The normalized spacial score (nSPS) is 21.0. The van der Waals surface area contributed by atoms with Crippen molar-refractivity contribution in [3.63, 3.8) is 0 Å². The maximum Gasteiger partial charge on any atom is 0.265 e. The number of likely N-dealkylation sites (tertiary alicyclic amines) is 1. The Labute approximate surface area is 168 Å². The molecular weight excluding hydrogens is 454 g/mol. The summed E-state index contributed by atoms with van der Waals surface area (Å²) in [4.78, 5) is 26.3. The summed E-state index contributed by atoms with van der Waals surface area (Å²) >= 11 is 1.68. The Morgan fingerprint density at radius 2 is 1.88 bits per heavy atom. The van der Waals surface area contributed by atoms with Crippen LogP contribution in [0.5, 0.6) is 0 Å². The molecule has 1 aliphatic rings. The van der Waals surface area contributed by atoms with Crippen LogP contribution in [-0.2, 0) is 9.59 Å². The predicted molar refractivity (Wildman–Crippen MR) is 107 cm³/mol. The molecule has 146 valence electrons. The van der Waals surface area contributed by atoms with E-state index in [1.165, 1.54) is 4.90 Å². The molecule has 26 heavy (non-hydrogen) atoms. The van der Waals surface area contributed by atoms with Gasteiger partial charge in [0.25, 0.3) is 5.91 Å². The number of β-amino-alcohol motifs (C(OH)–C–C–N with tert-alkyl or cyclic N) is 1. The third-order valence-corrected chi connectivity index (χ3v) is 5.40. The first-order valence-corrected chi connectivity index (χ1v) is 9.23. The van der Waals surface area contributed by atoms with Gasteiger partial charge < -0.3 is 25.3 Å². The lowest BCUT2D eigenvalue weighted by Gasteiger charge is -2.34. The summed E-state index contributed by atoms with van der Waals surface area (Å²) in [5, 5.41) is 38.8. The molecule has 1 fully saturated rings. The van der Waals surface area contributed by atoms with Crippen LogP contribution >= 0.6 is 22.9 Å². The molecule has 10 heteroatoms. The van der Waals surface area contributed by atoms with Crippen molar-refractivity contribution in [3.05, 3.63) is 24.2 Å². The summed E-state index contributed by atoms with van der Waals surface area (Å²) in [5.41, 5.74) is -2.11. The summed E-state index contributed by atoms with van der Waals surface area (Å²) in [6, 6.07) is 0. The average Bonchev–Trinajstić information content (AvgIpc) is 3.06. The lowest BCUT2D eigenvalue weighted by atomic mass is 9.90. The topological polar surface area (TPSA) is 122 Å². The third-order valence-electron chi connectivity index (χ3n) is 4.62. The molecule has 1 saturated heterocycles. The van der Waals surface area contributed by atoms with Gasteiger partial charge in [0, 0.05) is 25.9 Å². The quantitative estimate of drug-likeness (QED) is 0.134. The second-order valence-corrected chi connectivity index (χ2v) is 7.92. The van der Waals surface area contributed by atoms with Gasteiger partial charge in [-0.15, -0.1) is 0 Å². The molecule has 0 radical (unpaired) electrons. The van der Waals surface area contributed by atoms with Crippen LogP contribution in [0, 0.1) is 5.41 Å². The number of amides is 2. The van der Waals surface area contributed by atoms with E-state index in [9.17, 15) is 30.0 Å². The zero-order valence-corrected chi connectivity index (χ0v) is 17.1. The number of carbonyl (C=O) groups is 2. The van der Waals surface area contributed by atoms with Gasteiger partial charge in [-0.05, 0) is 0 Å². The molecule has 1 heterocycles. The minimum atomic E-state index is -1.72. The van der Waals surface area contributed by atoms with E-state index in [1.807, 2.05) is 7.85 Å². The van der Waals surface area contributed by atoms with Crippen LogP contribution in [0.2, 0.25) is 0 Å². The van der Waals surface area contributed by atoms with E-state index in [1.54, 1.807) is 35.0 Å². The number of allylic oxidation sites excluding steroid dienone is 2. The Hall–Kier alpha value is -0.945. The first-order chi connectivity index (χ1) is 12.2. The van der Waals surface area contributed by atoms with Crippen molar-refractivity contribution in [3.8, 4) is 0 Å². The molecule has 0 aromatic rings. The van der Waals surface area contributed by atoms with Gasteiger partial charge in [-0.2, -0.15) is 0 Å². The van der Waals surface area contributed by atoms with Crippen LogP contribution in [0.25, 0.3) is 0 Å². The molecule has 1 rings (SSSR count). The van der Waals surface area contributed by atoms with Crippen LogP contribution in [0.3, 0.4) is 0 Å². The van der Waals surface area contributed by atoms with Gasteiger partial charge >= 0.3 is 0 Å². The van der Waals surface area contributed by atoms with Crippen molar-refractivity contribution in [1.82, 2.24) is 8.01 Å². The van der Waals surface area contributed by atoms with E-state index in [2.05, 4.69) is 6.58 Å². The van der Waals surface area contributed by atoms with E-state index in [-0.39, 0.29) is 38.4 Å². The largest absolute Gasteiger partial charge is 0.396 e. The van der Waals surface area contributed by atoms with Crippen LogP contribution in [0.15, 0.2) is 24.2 Å². The molecule has 0 aliphatic carbocycles. The number of hydrogen-bond acceptors (Lipinski definition) is 6. The summed E-state index contributed by atoms with van der Waals surface area (Å²) < 4.78 is 1.15. The molecule has 0 saturated carbocycles. The van der Waals surface area contributed by atoms with Gasteiger partial charge in [-0.25, -0.2) is 0 Å². The van der Waals surface area contributed by atoms with Gasteiger partial charge in [0.15, 0.2) is 5.60 Å².